The molecule has 1 saturated carbocycles. The van der Waals surface area contributed by atoms with Gasteiger partial charge in [-0.3, -0.25) is 9.58 Å². The van der Waals surface area contributed by atoms with E-state index in [1.807, 2.05) is 17.9 Å². The monoisotopic (exact) mass is 205 g/mol. The molecule has 0 bridgehead atoms. The molecule has 1 aromatic rings. The highest BCUT2D eigenvalue weighted by Gasteiger charge is 2.39. The SMILES string of the molecule is Cn1cc(CN2C[C@H]3CCCC[C@H]32)cn1. The summed E-state index contributed by atoms with van der Waals surface area (Å²) in [5, 5.41) is 4.22. The van der Waals surface area contributed by atoms with Gasteiger partial charge < -0.3 is 0 Å². The molecular weight excluding hydrogens is 186 g/mol. The van der Waals surface area contributed by atoms with Crippen molar-refractivity contribution in [3.05, 3.63) is 18.0 Å². The normalized spacial score (nSPS) is 31.0. The molecule has 82 valence electrons. The van der Waals surface area contributed by atoms with Crippen LogP contribution in [0, 0.1) is 5.92 Å². The van der Waals surface area contributed by atoms with E-state index in [0.717, 1.165) is 18.5 Å². The largest absolute Gasteiger partial charge is 0.295 e. The Morgan fingerprint density at radius 3 is 3.00 bits per heavy atom. The molecule has 15 heavy (non-hydrogen) atoms. The van der Waals surface area contributed by atoms with Gasteiger partial charge in [0.15, 0.2) is 0 Å². The van der Waals surface area contributed by atoms with E-state index in [2.05, 4.69) is 16.2 Å². The fourth-order valence-corrected chi connectivity index (χ4v) is 3.15. The minimum atomic E-state index is 0.888. The topological polar surface area (TPSA) is 21.1 Å². The average Bonchev–Trinajstić information content (AvgIpc) is 2.61. The van der Waals surface area contributed by atoms with Crippen molar-refractivity contribution < 1.29 is 0 Å². The predicted molar refractivity (Wildman–Crippen MR) is 59.4 cm³/mol. The summed E-state index contributed by atoms with van der Waals surface area (Å²) in [4.78, 5) is 2.63. The molecule has 0 amide bonds. The highest BCUT2D eigenvalue weighted by molar-refractivity contribution is 5.06. The van der Waals surface area contributed by atoms with Crippen LogP contribution in [0.25, 0.3) is 0 Å². The third kappa shape index (κ3) is 1.69. The molecule has 2 atom stereocenters. The summed E-state index contributed by atoms with van der Waals surface area (Å²) >= 11 is 0. The molecule has 3 nitrogen and oxygen atoms in total. The van der Waals surface area contributed by atoms with Crippen LogP contribution in [-0.2, 0) is 13.6 Å². The number of hydrogen-bond donors (Lipinski definition) is 0. The molecule has 0 aromatic carbocycles. The number of likely N-dealkylation sites (tertiary alicyclic amines) is 1. The van der Waals surface area contributed by atoms with E-state index in [4.69, 9.17) is 0 Å². The van der Waals surface area contributed by atoms with E-state index < -0.39 is 0 Å². The fourth-order valence-electron chi connectivity index (χ4n) is 3.15. The second-order valence-electron chi connectivity index (χ2n) is 5.06. The quantitative estimate of drug-likeness (QED) is 0.734. The molecule has 0 radical (unpaired) electrons. The summed E-state index contributed by atoms with van der Waals surface area (Å²) in [6, 6.07) is 0.888. The van der Waals surface area contributed by atoms with Gasteiger partial charge in [-0.1, -0.05) is 12.8 Å². The van der Waals surface area contributed by atoms with Crippen molar-refractivity contribution in [1.82, 2.24) is 14.7 Å². The van der Waals surface area contributed by atoms with Crippen LogP contribution in [0.3, 0.4) is 0 Å². The molecule has 2 fully saturated rings. The van der Waals surface area contributed by atoms with Crippen molar-refractivity contribution in [3.63, 3.8) is 0 Å². The zero-order chi connectivity index (χ0) is 10.3. The van der Waals surface area contributed by atoms with Crippen molar-refractivity contribution >= 4 is 0 Å². The lowest BCUT2D eigenvalue weighted by Gasteiger charge is -2.51. The highest BCUT2D eigenvalue weighted by Crippen LogP contribution is 2.37. The molecule has 1 aliphatic carbocycles. The Balaban J connectivity index is 1.61. The van der Waals surface area contributed by atoms with Crippen LogP contribution < -0.4 is 0 Å². The highest BCUT2D eigenvalue weighted by atomic mass is 15.3. The first-order chi connectivity index (χ1) is 7.33. The molecule has 1 saturated heterocycles. The zero-order valence-electron chi connectivity index (χ0n) is 9.39. The smallest absolute Gasteiger partial charge is 0.0534 e. The summed E-state index contributed by atoms with van der Waals surface area (Å²) in [5.74, 6) is 1.01. The fraction of sp³-hybridized carbons (Fsp3) is 0.750. The number of nitrogens with zero attached hydrogens (tertiary/aromatic N) is 3. The van der Waals surface area contributed by atoms with Gasteiger partial charge in [0, 0.05) is 37.9 Å². The maximum Gasteiger partial charge on any atom is 0.0534 e. The standard InChI is InChI=1S/C12H19N3/c1-14-7-10(6-13-14)8-15-9-11-4-2-3-5-12(11)15/h6-7,11-12H,2-5,8-9H2,1H3/t11-,12-/m1/s1. The van der Waals surface area contributed by atoms with Gasteiger partial charge in [-0.15, -0.1) is 0 Å². The lowest BCUT2D eigenvalue weighted by Crippen LogP contribution is -2.56. The summed E-state index contributed by atoms with van der Waals surface area (Å²) in [6.07, 6.45) is 9.91. The molecule has 0 spiro atoms. The van der Waals surface area contributed by atoms with Crippen LogP contribution in [0.4, 0.5) is 0 Å². The molecule has 3 heteroatoms. The minimum absolute atomic E-state index is 0.888. The summed E-state index contributed by atoms with van der Waals surface area (Å²) in [5.41, 5.74) is 1.36. The predicted octanol–water partition coefficient (Wildman–Crippen LogP) is 1.79. The Bertz CT molecular complexity index is 344. The molecule has 0 unspecified atom stereocenters. The van der Waals surface area contributed by atoms with Gasteiger partial charge in [-0.2, -0.15) is 5.10 Å². The third-order valence-corrected chi connectivity index (χ3v) is 3.95. The van der Waals surface area contributed by atoms with Gasteiger partial charge in [-0.25, -0.2) is 0 Å². The lowest BCUT2D eigenvalue weighted by molar-refractivity contribution is -0.0208. The van der Waals surface area contributed by atoms with E-state index >= 15 is 0 Å². The van der Waals surface area contributed by atoms with Crippen LogP contribution in [0.5, 0.6) is 0 Å². The molecule has 2 aliphatic rings. The Morgan fingerprint density at radius 2 is 2.27 bits per heavy atom. The Labute approximate surface area is 91.1 Å². The van der Waals surface area contributed by atoms with Crippen LogP contribution in [0.1, 0.15) is 31.2 Å². The minimum Gasteiger partial charge on any atom is -0.295 e. The first kappa shape index (κ1) is 9.40. The number of aromatic nitrogens is 2. The van der Waals surface area contributed by atoms with Gasteiger partial charge in [0.05, 0.1) is 6.20 Å². The Hall–Kier alpha value is -0.830. The van der Waals surface area contributed by atoms with E-state index in [1.165, 1.54) is 37.8 Å². The molecule has 1 aromatic heterocycles. The van der Waals surface area contributed by atoms with Crippen molar-refractivity contribution in [1.29, 1.82) is 0 Å². The van der Waals surface area contributed by atoms with Crippen molar-refractivity contribution in [2.45, 2.75) is 38.3 Å². The number of hydrogen-bond acceptors (Lipinski definition) is 2. The number of fused-ring (bicyclic) bond motifs is 1. The number of aryl methyl sites for hydroxylation is 1. The Kier molecular flexibility index (Phi) is 2.28. The van der Waals surface area contributed by atoms with E-state index in [9.17, 15) is 0 Å². The molecular formula is C12H19N3. The van der Waals surface area contributed by atoms with Gasteiger partial charge >= 0.3 is 0 Å². The van der Waals surface area contributed by atoms with Crippen LogP contribution >= 0.6 is 0 Å². The van der Waals surface area contributed by atoms with Crippen LogP contribution in [0.15, 0.2) is 12.4 Å². The first-order valence-electron chi connectivity index (χ1n) is 6.04. The summed E-state index contributed by atoms with van der Waals surface area (Å²) in [6.45, 7) is 2.43. The maximum atomic E-state index is 4.22. The second kappa shape index (κ2) is 3.63. The van der Waals surface area contributed by atoms with E-state index in [-0.39, 0.29) is 0 Å². The van der Waals surface area contributed by atoms with E-state index in [1.54, 1.807) is 0 Å². The van der Waals surface area contributed by atoms with Gasteiger partial charge in [0.25, 0.3) is 0 Å². The average molecular weight is 205 g/mol. The molecule has 3 rings (SSSR count). The van der Waals surface area contributed by atoms with Crippen molar-refractivity contribution in [2.24, 2.45) is 13.0 Å². The van der Waals surface area contributed by atoms with Gasteiger partial charge in [0.1, 0.15) is 0 Å². The van der Waals surface area contributed by atoms with Crippen molar-refractivity contribution in [3.8, 4) is 0 Å². The van der Waals surface area contributed by atoms with E-state index in [0.29, 0.717) is 0 Å². The van der Waals surface area contributed by atoms with Crippen molar-refractivity contribution in [2.75, 3.05) is 6.54 Å². The van der Waals surface area contributed by atoms with Gasteiger partial charge in [0.2, 0.25) is 0 Å². The number of rotatable bonds is 2. The molecule has 2 heterocycles. The second-order valence-corrected chi connectivity index (χ2v) is 5.06. The first-order valence-corrected chi connectivity index (χ1v) is 6.04. The zero-order valence-corrected chi connectivity index (χ0v) is 9.39. The van der Waals surface area contributed by atoms with Gasteiger partial charge in [-0.05, 0) is 18.8 Å². The Morgan fingerprint density at radius 1 is 1.40 bits per heavy atom. The summed E-state index contributed by atoms with van der Waals surface area (Å²) < 4.78 is 1.90. The van der Waals surface area contributed by atoms with Crippen LogP contribution in [0.2, 0.25) is 0 Å². The van der Waals surface area contributed by atoms with Crippen LogP contribution in [-0.4, -0.2) is 27.3 Å². The molecule has 1 aliphatic heterocycles. The molecule has 0 N–H and O–H groups in total. The lowest BCUT2D eigenvalue weighted by atomic mass is 9.77. The maximum absolute atomic E-state index is 4.22. The third-order valence-electron chi connectivity index (χ3n) is 3.95. The summed E-state index contributed by atoms with van der Waals surface area (Å²) in [7, 11) is 1.99.